The van der Waals surface area contributed by atoms with Crippen LogP contribution in [-0.2, 0) is 4.79 Å². The van der Waals surface area contributed by atoms with Crippen LogP contribution < -0.4 is 5.32 Å². The van der Waals surface area contributed by atoms with E-state index in [1.807, 2.05) is 4.90 Å². The molecule has 2 aromatic carbocycles. The Kier molecular flexibility index (Phi) is 6.26. The van der Waals surface area contributed by atoms with Crippen LogP contribution in [0.1, 0.15) is 17.3 Å². The summed E-state index contributed by atoms with van der Waals surface area (Å²) >= 11 is 5.97. The number of carbonyl (C=O) groups is 2. The predicted octanol–water partition coefficient (Wildman–Crippen LogP) is 3.40. The van der Waals surface area contributed by atoms with Gasteiger partial charge in [-0.25, -0.2) is 8.78 Å². The predicted molar refractivity (Wildman–Crippen MR) is 103 cm³/mol. The second-order valence-electron chi connectivity index (χ2n) is 6.63. The molecule has 0 saturated carbocycles. The highest BCUT2D eigenvalue weighted by Crippen LogP contribution is 2.20. The molecule has 1 fully saturated rings. The smallest absolute Gasteiger partial charge is 0.255 e. The summed E-state index contributed by atoms with van der Waals surface area (Å²) in [6.45, 7) is 3.61. The number of halogens is 3. The summed E-state index contributed by atoms with van der Waals surface area (Å²) in [5, 5.41) is 2.78. The van der Waals surface area contributed by atoms with Gasteiger partial charge < -0.3 is 10.2 Å². The van der Waals surface area contributed by atoms with Gasteiger partial charge in [-0.3, -0.25) is 14.5 Å². The van der Waals surface area contributed by atoms with Crippen molar-refractivity contribution in [1.29, 1.82) is 0 Å². The molecule has 1 atom stereocenters. The van der Waals surface area contributed by atoms with Gasteiger partial charge in [-0.15, -0.1) is 0 Å². The van der Waals surface area contributed by atoms with Gasteiger partial charge in [0.15, 0.2) is 0 Å². The molecule has 1 N–H and O–H groups in total. The normalized spacial score (nSPS) is 15.9. The van der Waals surface area contributed by atoms with Gasteiger partial charge in [0.05, 0.1) is 16.6 Å². The fourth-order valence-corrected chi connectivity index (χ4v) is 3.37. The first-order chi connectivity index (χ1) is 13.3. The Bertz CT molecular complexity index is 886. The number of amides is 2. The molecule has 0 aromatic heterocycles. The standard InChI is InChI=1S/C20H20ClF2N3O2/c1-13(19(27)24-16-4-2-3-14(22)11-16)25-7-9-26(10-8-25)20(28)17-6-5-15(23)12-18(17)21/h2-6,11-13H,7-10H2,1H3,(H,24,27). The zero-order valence-electron chi connectivity index (χ0n) is 15.3. The number of hydrogen-bond acceptors (Lipinski definition) is 3. The maximum Gasteiger partial charge on any atom is 0.255 e. The summed E-state index contributed by atoms with van der Waals surface area (Å²) in [5.74, 6) is -1.42. The minimum absolute atomic E-state index is 0.0790. The van der Waals surface area contributed by atoms with Crippen LogP contribution >= 0.6 is 11.6 Å². The molecule has 8 heteroatoms. The fraction of sp³-hybridized carbons (Fsp3) is 0.300. The fourth-order valence-electron chi connectivity index (χ4n) is 3.12. The second-order valence-corrected chi connectivity index (χ2v) is 7.04. The zero-order valence-corrected chi connectivity index (χ0v) is 16.0. The first-order valence-corrected chi connectivity index (χ1v) is 9.28. The van der Waals surface area contributed by atoms with Crippen molar-refractivity contribution in [2.75, 3.05) is 31.5 Å². The SMILES string of the molecule is CC(C(=O)Nc1cccc(F)c1)N1CCN(C(=O)c2ccc(F)cc2Cl)CC1. The minimum Gasteiger partial charge on any atom is -0.336 e. The van der Waals surface area contributed by atoms with Crippen molar-refractivity contribution in [3.05, 3.63) is 64.7 Å². The van der Waals surface area contributed by atoms with Gasteiger partial charge in [0.2, 0.25) is 5.91 Å². The van der Waals surface area contributed by atoms with Crippen molar-refractivity contribution < 1.29 is 18.4 Å². The summed E-state index contributed by atoms with van der Waals surface area (Å²) in [6, 6.07) is 8.97. The van der Waals surface area contributed by atoms with Gasteiger partial charge in [0.25, 0.3) is 5.91 Å². The van der Waals surface area contributed by atoms with Crippen LogP contribution in [0.3, 0.4) is 0 Å². The Morgan fingerprint density at radius 2 is 1.71 bits per heavy atom. The third-order valence-corrected chi connectivity index (χ3v) is 5.10. The summed E-state index contributed by atoms with van der Waals surface area (Å²) in [7, 11) is 0. The molecule has 1 heterocycles. The summed E-state index contributed by atoms with van der Waals surface area (Å²) in [4.78, 5) is 28.6. The summed E-state index contributed by atoms with van der Waals surface area (Å²) in [5.41, 5.74) is 0.657. The quantitative estimate of drug-likeness (QED) is 0.845. The molecule has 3 rings (SSSR count). The molecule has 0 aliphatic carbocycles. The van der Waals surface area contributed by atoms with Crippen LogP contribution in [0.15, 0.2) is 42.5 Å². The molecule has 0 radical (unpaired) electrons. The van der Waals surface area contributed by atoms with Crippen LogP contribution in [0.5, 0.6) is 0 Å². The Labute approximate surface area is 166 Å². The Hall–Kier alpha value is -2.51. The van der Waals surface area contributed by atoms with E-state index in [0.717, 1.165) is 6.07 Å². The van der Waals surface area contributed by atoms with E-state index in [2.05, 4.69) is 5.32 Å². The van der Waals surface area contributed by atoms with Crippen LogP contribution in [0.2, 0.25) is 5.02 Å². The van der Waals surface area contributed by atoms with Gasteiger partial charge in [-0.05, 0) is 43.3 Å². The summed E-state index contributed by atoms with van der Waals surface area (Å²) < 4.78 is 26.4. The average molecular weight is 408 g/mol. The van der Waals surface area contributed by atoms with Gasteiger partial charge in [0.1, 0.15) is 11.6 Å². The highest BCUT2D eigenvalue weighted by atomic mass is 35.5. The lowest BCUT2D eigenvalue weighted by Crippen LogP contribution is -2.54. The number of rotatable bonds is 4. The van der Waals surface area contributed by atoms with Crippen LogP contribution in [0, 0.1) is 11.6 Å². The number of anilines is 1. The molecular formula is C20H20ClF2N3O2. The maximum atomic E-state index is 13.3. The first-order valence-electron chi connectivity index (χ1n) is 8.90. The lowest BCUT2D eigenvalue weighted by Gasteiger charge is -2.37. The molecule has 28 heavy (non-hydrogen) atoms. The number of benzene rings is 2. The number of nitrogens with zero attached hydrogens (tertiary/aromatic N) is 2. The van der Waals surface area contributed by atoms with Gasteiger partial charge in [0, 0.05) is 31.9 Å². The van der Waals surface area contributed by atoms with Crippen LogP contribution in [-0.4, -0.2) is 53.8 Å². The molecule has 148 valence electrons. The van der Waals surface area contributed by atoms with Gasteiger partial charge >= 0.3 is 0 Å². The van der Waals surface area contributed by atoms with Crippen molar-refractivity contribution >= 4 is 29.1 Å². The van der Waals surface area contributed by atoms with E-state index in [0.29, 0.717) is 31.9 Å². The zero-order chi connectivity index (χ0) is 20.3. The van der Waals surface area contributed by atoms with E-state index in [9.17, 15) is 18.4 Å². The first kappa shape index (κ1) is 20.2. The van der Waals surface area contributed by atoms with E-state index in [1.54, 1.807) is 17.9 Å². The number of nitrogens with one attached hydrogen (secondary N) is 1. The lowest BCUT2D eigenvalue weighted by molar-refractivity contribution is -0.121. The highest BCUT2D eigenvalue weighted by Gasteiger charge is 2.28. The molecule has 1 aliphatic rings. The van der Waals surface area contributed by atoms with Crippen LogP contribution in [0.25, 0.3) is 0 Å². The minimum atomic E-state index is -0.496. The van der Waals surface area contributed by atoms with E-state index < -0.39 is 17.7 Å². The molecule has 2 amide bonds. The van der Waals surface area contributed by atoms with Crippen molar-refractivity contribution in [2.24, 2.45) is 0 Å². The number of hydrogen-bond donors (Lipinski definition) is 1. The molecule has 1 unspecified atom stereocenters. The Morgan fingerprint density at radius 1 is 1.04 bits per heavy atom. The summed E-state index contributed by atoms with van der Waals surface area (Å²) in [6.07, 6.45) is 0. The Balaban J connectivity index is 1.56. The van der Waals surface area contributed by atoms with Crippen LogP contribution in [0.4, 0.5) is 14.5 Å². The monoisotopic (exact) mass is 407 g/mol. The highest BCUT2D eigenvalue weighted by molar-refractivity contribution is 6.33. The van der Waals surface area contributed by atoms with Crippen molar-refractivity contribution in [1.82, 2.24) is 9.80 Å². The van der Waals surface area contributed by atoms with Gasteiger partial charge in [-0.2, -0.15) is 0 Å². The molecule has 0 spiro atoms. The van der Waals surface area contributed by atoms with E-state index in [-0.39, 0.29) is 22.4 Å². The van der Waals surface area contributed by atoms with E-state index in [4.69, 9.17) is 11.6 Å². The molecule has 0 bridgehead atoms. The van der Waals surface area contributed by atoms with Crippen molar-refractivity contribution in [3.8, 4) is 0 Å². The molecular weight excluding hydrogens is 388 g/mol. The topological polar surface area (TPSA) is 52.7 Å². The van der Waals surface area contributed by atoms with E-state index >= 15 is 0 Å². The van der Waals surface area contributed by atoms with Crippen molar-refractivity contribution in [3.63, 3.8) is 0 Å². The number of carbonyl (C=O) groups excluding carboxylic acids is 2. The molecule has 1 saturated heterocycles. The third kappa shape index (κ3) is 4.66. The number of piperazine rings is 1. The second kappa shape index (κ2) is 8.67. The molecule has 1 aliphatic heterocycles. The molecule has 5 nitrogen and oxygen atoms in total. The van der Waals surface area contributed by atoms with Gasteiger partial charge in [-0.1, -0.05) is 17.7 Å². The third-order valence-electron chi connectivity index (χ3n) is 4.78. The van der Waals surface area contributed by atoms with Crippen molar-refractivity contribution in [2.45, 2.75) is 13.0 Å². The lowest BCUT2D eigenvalue weighted by atomic mass is 10.1. The Morgan fingerprint density at radius 3 is 2.36 bits per heavy atom. The maximum absolute atomic E-state index is 13.3. The largest absolute Gasteiger partial charge is 0.336 e. The van der Waals surface area contributed by atoms with E-state index in [1.165, 1.54) is 30.3 Å². The molecule has 2 aromatic rings. The average Bonchev–Trinajstić information content (AvgIpc) is 2.67.